The highest BCUT2D eigenvalue weighted by Crippen LogP contribution is 2.33. The van der Waals surface area contributed by atoms with Gasteiger partial charge >= 0.3 is 0 Å². The summed E-state index contributed by atoms with van der Waals surface area (Å²) in [6.07, 6.45) is 0. The number of hydrogen-bond donors (Lipinski definition) is 2. The summed E-state index contributed by atoms with van der Waals surface area (Å²) in [6, 6.07) is 4.73. The summed E-state index contributed by atoms with van der Waals surface area (Å²) in [5.74, 6) is -0.514. The van der Waals surface area contributed by atoms with Gasteiger partial charge in [-0.25, -0.2) is 0 Å². The van der Waals surface area contributed by atoms with E-state index in [2.05, 4.69) is 5.32 Å². The molecule has 1 aliphatic rings. The lowest BCUT2D eigenvalue weighted by atomic mass is 10.1. The van der Waals surface area contributed by atoms with Crippen molar-refractivity contribution in [3.63, 3.8) is 0 Å². The average molecular weight is 304 g/mol. The quantitative estimate of drug-likeness (QED) is 0.824. The van der Waals surface area contributed by atoms with Crippen molar-refractivity contribution in [1.82, 2.24) is 5.32 Å². The molecular weight excluding hydrogens is 297 g/mol. The van der Waals surface area contributed by atoms with E-state index in [-0.39, 0.29) is 11.5 Å². The van der Waals surface area contributed by atoms with Crippen LogP contribution in [0.1, 0.15) is 5.56 Å². The fraction of sp³-hybridized carbons (Fsp3) is 0.0909. The van der Waals surface area contributed by atoms with Crippen molar-refractivity contribution in [2.45, 2.75) is 0 Å². The second-order valence-corrected chi connectivity index (χ2v) is 5.24. The zero-order valence-corrected chi connectivity index (χ0v) is 11.2. The first-order valence-electron chi connectivity index (χ1n) is 4.85. The van der Waals surface area contributed by atoms with Gasteiger partial charge in [-0.1, -0.05) is 29.3 Å². The summed E-state index contributed by atoms with van der Waals surface area (Å²) in [4.78, 5) is 22.8. The van der Waals surface area contributed by atoms with Crippen molar-refractivity contribution < 1.29 is 14.7 Å². The Morgan fingerprint density at radius 3 is 2.50 bits per heavy atom. The predicted molar refractivity (Wildman–Crippen MR) is 71.6 cm³/mol. The van der Waals surface area contributed by atoms with Gasteiger partial charge in [0.15, 0.2) is 0 Å². The third-order valence-electron chi connectivity index (χ3n) is 2.32. The van der Waals surface area contributed by atoms with Gasteiger partial charge in [-0.05, 0) is 29.5 Å². The van der Waals surface area contributed by atoms with Crippen LogP contribution in [0.3, 0.4) is 0 Å². The standard InChI is InChI=1S/C11H7Cl2NO3S/c12-7-2-1-5(3-8(7)13)6(4-15)9-10(16)14-11(17)18-9/h1-3,15H,4H2,(H,14,16,17)/b9-6-. The number of halogens is 2. The summed E-state index contributed by atoms with van der Waals surface area (Å²) in [5, 5.41) is 11.7. The molecule has 1 saturated heterocycles. The molecule has 0 aliphatic carbocycles. The lowest BCUT2D eigenvalue weighted by Gasteiger charge is -2.07. The normalized spacial score (nSPS) is 17.9. The molecule has 2 amide bonds. The molecule has 4 nitrogen and oxygen atoms in total. The van der Waals surface area contributed by atoms with Gasteiger partial charge < -0.3 is 5.11 Å². The van der Waals surface area contributed by atoms with Gasteiger partial charge in [0.1, 0.15) is 0 Å². The van der Waals surface area contributed by atoms with Crippen LogP contribution >= 0.6 is 35.0 Å². The Morgan fingerprint density at radius 2 is 2.00 bits per heavy atom. The third-order valence-corrected chi connectivity index (χ3v) is 3.98. The number of aliphatic hydroxyl groups excluding tert-OH is 1. The molecule has 0 saturated carbocycles. The van der Waals surface area contributed by atoms with E-state index in [0.717, 1.165) is 11.8 Å². The lowest BCUT2D eigenvalue weighted by Crippen LogP contribution is -2.18. The van der Waals surface area contributed by atoms with Crippen LogP contribution in [0.15, 0.2) is 23.1 Å². The molecular formula is C11H7Cl2NO3S. The minimum atomic E-state index is -0.514. The van der Waals surface area contributed by atoms with Crippen LogP contribution in [-0.2, 0) is 4.79 Å². The van der Waals surface area contributed by atoms with E-state index in [0.29, 0.717) is 21.2 Å². The highest BCUT2D eigenvalue weighted by molar-refractivity contribution is 8.18. The van der Waals surface area contributed by atoms with E-state index >= 15 is 0 Å². The topological polar surface area (TPSA) is 66.4 Å². The number of nitrogens with one attached hydrogen (secondary N) is 1. The molecule has 1 aliphatic heterocycles. The van der Waals surface area contributed by atoms with Gasteiger partial charge in [0.05, 0.1) is 21.6 Å². The second-order valence-electron chi connectivity index (χ2n) is 3.44. The molecule has 2 N–H and O–H groups in total. The smallest absolute Gasteiger partial charge is 0.290 e. The molecule has 1 heterocycles. The number of carbonyl (C=O) groups is 2. The van der Waals surface area contributed by atoms with Gasteiger partial charge in [0.25, 0.3) is 11.1 Å². The third kappa shape index (κ3) is 2.54. The van der Waals surface area contributed by atoms with Crippen molar-refractivity contribution in [1.29, 1.82) is 0 Å². The minimum Gasteiger partial charge on any atom is -0.392 e. The lowest BCUT2D eigenvalue weighted by molar-refractivity contribution is -0.115. The zero-order chi connectivity index (χ0) is 13.3. The van der Waals surface area contributed by atoms with Crippen LogP contribution < -0.4 is 5.32 Å². The Labute approximate surface area is 117 Å². The Kier molecular flexibility index (Phi) is 3.97. The van der Waals surface area contributed by atoms with Crippen LogP contribution in [0.2, 0.25) is 10.0 Å². The molecule has 0 bridgehead atoms. The molecule has 0 unspecified atom stereocenters. The number of imide groups is 1. The highest BCUT2D eigenvalue weighted by atomic mass is 35.5. The molecule has 7 heteroatoms. The summed E-state index contributed by atoms with van der Waals surface area (Å²) in [5.41, 5.74) is 0.904. The van der Waals surface area contributed by atoms with Crippen molar-refractivity contribution >= 4 is 51.7 Å². The maximum Gasteiger partial charge on any atom is 0.290 e. The molecule has 1 aromatic carbocycles. The Hall–Kier alpha value is -1.01. The van der Waals surface area contributed by atoms with Crippen molar-refractivity contribution in [2.24, 2.45) is 0 Å². The molecule has 94 valence electrons. The van der Waals surface area contributed by atoms with Gasteiger partial charge in [-0.3, -0.25) is 14.9 Å². The maximum atomic E-state index is 11.5. The van der Waals surface area contributed by atoms with Crippen LogP contribution in [0.25, 0.3) is 5.57 Å². The molecule has 2 rings (SSSR count). The second kappa shape index (κ2) is 5.32. The SMILES string of the molecule is O=C1NC(=O)/C(=C(\CO)c2ccc(Cl)c(Cl)c2)S1. The number of amides is 2. The van der Waals surface area contributed by atoms with E-state index in [9.17, 15) is 14.7 Å². The largest absolute Gasteiger partial charge is 0.392 e. The Morgan fingerprint density at radius 1 is 1.28 bits per heavy atom. The van der Waals surface area contributed by atoms with Gasteiger partial charge in [0, 0.05) is 5.57 Å². The fourth-order valence-electron chi connectivity index (χ4n) is 1.49. The predicted octanol–water partition coefficient (Wildman–Crippen LogP) is 2.68. The number of rotatable bonds is 2. The number of carbonyl (C=O) groups excluding carboxylic acids is 2. The molecule has 0 aromatic heterocycles. The van der Waals surface area contributed by atoms with Crippen LogP contribution in [0.5, 0.6) is 0 Å². The first kappa shape index (κ1) is 13.4. The van der Waals surface area contributed by atoms with Crippen LogP contribution in [0.4, 0.5) is 4.79 Å². The first-order valence-corrected chi connectivity index (χ1v) is 6.42. The van der Waals surface area contributed by atoms with E-state index in [1.54, 1.807) is 18.2 Å². The molecule has 1 fully saturated rings. The highest BCUT2D eigenvalue weighted by Gasteiger charge is 2.28. The van der Waals surface area contributed by atoms with Crippen molar-refractivity contribution in [3.8, 4) is 0 Å². The average Bonchev–Trinajstić information content (AvgIpc) is 2.64. The number of hydrogen-bond acceptors (Lipinski definition) is 4. The van der Waals surface area contributed by atoms with Gasteiger partial charge in [0.2, 0.25) is 0 Å². The van der Waals surface area contributed by atoms with Crippen LogP contribution in [0, 0.1) is 0 Å². The van der Waals surface area contributed by atoms with E-state index in [4.69, 9.17) is 23.2 Å². The number of benzene rings is 1. The van der Waals surface area contributed by atoms with E-state index < -0.39 is 11.1 Å². The first-order chi connectivity index (χ1) is 8.52. The Bertz CT molecular complexity index is 571. The molecule has 0 spiro atoms. The van der Waals surface area contributed by atoms with Crippen molar-refractivity contribution in [3.05, 3.63) is 38.7 Å². The molecule has 18 heavy (non-hydrogen) atoms. The summed E-state index contributed by atoms with van der Waals surface area (Å²) >= 11 is 12.4. The van der Waals surface area contributed by atoms with E-state index in [1.165, 1.54) is 0 Å². The maximum absolute atomic E-state index is 11.5. The van der Waals surface area contributed by atoms with Crippen LogP contribution in [-0.4, -0.2) is 22.9 Å². The fourth-order valence-corrected chi connectivity index (χ4v) is 2.57. The summed E-state index contributed by atoms with van der Waals surface area (Å²) < 4.78 is 0. The number of thioether (sulfide) groups is 1. The Balaban J connectivity index is 2.51. The van der Waals surface area contributed by atoms with E-state index in [1.807, 2.05) is 0 Å². The zero-order valence-electron chi connectivity index (χ0n) is 8.87. The van der Waals surface area contributed by atoms with Gasteiger partial charge in [-0.2, -0.15) is 0 Å². The monoisotopic (exact) mass is 303 g/mol. The van der Waals surface area contributed by atoms with Gasteiger partial charge in [-0.15, -0.1) is 0 Å². The summed E-state index contributed by atoms with van der Waals surface area (Å²) in [7, 11) is 0. The van der Waals surface area contributed by atoms with Crippen molar-refractivity contribution in [2.75, 3.05) is 6.61 Å². The molecule has 0 atom stereocenters. The minimum absolute atomic E-state index is 0.181. The number of aliphatic hydroxyl groups is 1. The summed E-state index contributed by atoms with van der Waals surface area (Å²) in [6.45, 7) is -0.374. The molecule has 0 radical (unpaired) electrons. The molecule has 1 aromatic rings.